The van der Waals surface area contributed by atoms with Gasteiger partial charge in [0, 0.05) is 11.8 Å². The number of ether oxygens (including phenoxy) is 1. The van der Waals surface area contributed by atoms with Crippen LogP contribution < -0.4 is 15.0 Å². The smallest absolute Gasteiger partial charge is 0.174 e. The average molecular weight is 458 g/mol. The van der Waals surface area contributed by atoms with Gasteiger partial charge in [-0.25, -0.2) is 0 Å². The van der Waals surface area contributed by atoms with Crippen molar-refractivity contribution >= 4 is 23.0 Å². The van der Waals surface area contributed by atoms with Crippen LogP contribution >= 0.6 is 12.2 Å². The molecule has 2 N–H and O–H groups in total. The number of benzene rings is 2. The fourth-order valence-electron chi connectivity index (χ4n) is 4.12. The predicted octanol–water partition coefficient (Wildman–Crippen LogP) is 5.62. The molecule has 0 saturated carbocycles. The number of aromatic nitrogens is 1. The predicted molar refractivity (Wildman–Crippen MR) is 131 cm³/mol. The maximum Gasteiger partial charge on any atom is 0.174 e. The molecule has 2 aromatic heterocycles. The van der Waals surface area contributed by atoms with Crippen LogP contribution in [0.4, 0.5) is 5.69 Å². The third kappa shape index (κ3) is 4.03. The minimum atomic E-state index is -0.336. The van der Waals surface area contributed by atoms with Gasteiger partial charge in [0.25, 0.3) is 0 Å². The molecular formula is C26H23N3O3S. The summed E-state index contributed by atoms with van der Waals surface area (Å²) in [4.78, 5) is 6.44. The van der Waals surface area contributed by atoms with Crippen LogP contribution in [0.2, 0.25) is 0 Å². The maximum atomic E-state index is 10.6. The number of phenolic OH excluding ortho intramolecular Hbond substituents is 1. The Kier molecular flexibility index (Phi) is 5.71. The highest BCUT2D eigenvalue weighted by molar-refractivity contribution is 7.80. The molecule has 1 aliphatic rings. The fourth-order valence-corrected chi connectivity index (χ4v) is 4.46. The number of thiocarbonyl (C=S) groups is 1. The largest absolute Gasteiger partial charge is 0.506 e. The average Bonchev–Trinajstić information content (AvgIpc) is 3.45. The minimum Gasteiger partial charge on any atom is -0.506 e. The van der Waals surface area contributed by atoms with Gasteiger partial charge in [-0.2, -0.15) is 0 Å². The third-order valence-electron chi connectivity index (χ3n) is 5.61. The molecule has 33 heavy (non-hydrogen) atoms. The Bertz CT molecular complexity index is 1260. The summed E-state index contributed by atoms with van der Waals surface area (Å²) in [6.07, 6.45) is 1.76. The summed E-state index contributed by atoms with van der Waals surface area (Å²) in [6.45, 7) is 2.58. The lowest BCUT2D eigenvalue weighted by atomic mass is 10.0. The van der Waals surface area contributed by atoms with Crippen molar-refractivity contribution < 1.29 is 14.3 Å². The van der Waals surface area contributed by atoms with Gasteiger partial charge in [0.1, 0.15) is 29.1 Å². The summed E-state index contributed by atoms with van der Waals surface area (Å²) in [5.41, 5.74) is 2.39. The van der Waals surface area contributed by atoms with E-state index in [1.165, 1.54) is 0 Å². The number of phenols is 1. The number of hydrogen-bond donors (Lipinski definition) is 2. The summed E-state index contributed by atoms with van der Waals surface area (Å²) in [5, 5.41) is 14.4. The Morgan fingerprint density at radius 3 is 2.55 bits per heavy atom. The quantitative estimate of drug-likeness (QED) is 0.364. The number of aromatic hydroxyl groups is 1. The molecule has 2 aromatic carbocycles. The summed E-state index contributed by atoms with van der Waals surface area (Å²) >= 11 is 5.70. The van der Waals surface area contributed by atoms with E-state index < -0.39 is 0 Å². The molecule has 0 aliphatic carbocycles. The van der Waals surface area contributed by atoms with Crippen LogP contribution in [0, 0.1) is 0 Å². The molecule has 2 atom stereocenters. The SMILES string of the molecule is CCOc1ccc(-c2ccc([C@H]3[C@@H](c4ccccn4)NC(=S)N3c3ccccc3O)o2)cc1. The second-order valence-corrected chi connectivity index (χ2v) is 8.03. The van der Waals surface area contributed by atoms with Gasteiger partial charge in [0.15, 0.2) is 5.11 Å². The molecule has 0 amide bonds. The normalized spacial score (nSPS) is 17.7. The lowest BCUT2D eigenvalue weighted by molar-refractivity contribution is 0.340. The summed E-state index contributed by atoms with van der Waals surface area (Å²) in [7, 11) is 0. The van der Waals surface area contributed by atoms with Crippen molar-refractivity contribution in [2.45, 2.75) is 19.0 Å². The number of hydrogen-bond acceptors (Lipinski definition) is 5. The lowest BCUT2D eigenvalue weighted by Crippen LogP contribution is -2.29. The van der Waals surface area contributed by atoms with E-state index in [1.54, 1.807) is 18.3 Å². The van der Waals surface area contributed by atoms with Gasteiger partial charge in [-0.15, -0.1) is 0 Å². The molecule has 1 fully saturated rings. The molecule has 0 bridgehead atoms. The van der Waals surface area contributed by atoms with Crippen LogP contribution in [0.25, 0.3) is 11.3 Å². The zero-order chi connectivity index (χ0) is 22.8. The van der Waals surface area contributed by atoms with E-state index in [1.807, 2.05) is 78.6 Å². The van der Waals surface area contributed by atoms with Crippen LogP contribution in [-0.2, 0) is 0 Å². The van der Waals surface area contributed by atoms with Gasteiger partial charge in [-0.1, -0.05) is 18.2 Å². The first-order valence-corrected chi connectivity index (χ1v) is 11.2. The Hall–Kier alpha value is -3.84. The zero-order valence-electron chi connectivity index (χ0n) is 18.0. The molecule has 0 unspecified atom stereocenters. The van der Waals surface area contributed by atoms with Crippen LogP contribution in [0.3, 0.4) is 0 Å². The van der Waals surface area contributed by atoms with Crippen molar-refractivity contribution in [3.8, 4) is 22.8 Å². The van der Waals surface area contributed by atoms with Crippen molar-refractivity contribution in [3.63, 3.8) is 0 Å². The van der Waals surface area contributed by atoms with Crippen molar-refractivity contribution in [3.05, 3.63) is 96.5 Å². The molecule has 4 aromatic rings. The van der Waals surface area contributed by atoms with Crippen molar-refractivity contribution in [2.75, 3.05) is 11.5 Å². The minimum absolute atomic E-state index is 0.145. The zero-order valence-corrected chi connectivity index (χ0v) is 18.8. The number of nitrogens with zero attached hydrogens (tertiary/aromatic N) is 2. The highest BCUT2D eigenvalue weighted by Gasteiger charge is 2.43. The molecule has 1 saturated heterocycles. The van der Waals surface area contributed by atoms with Crippen LogP contribution in [-0.4, -0.2) is 21.8 Å². The Balaban J connectivity index is 1.56. The number of nitrogens with one attached hydrogen (secondary N) is 1. The molecule has 166 valence electrons. The van der Waals surface area contributed by atoms with E-state index in [2.05, 4.69) is 10.3 Å². The van der Waals surface area contributed by atoms with Gasteiger partial charge in [0.2, 0.25) is 0 Å². The highest BCUT2D eigenvalue weighted by atomic mass is 32.1. The maximum absolute atomic E-state index is 10.6. The summed E-state index contributed by atoms with van der Waals surface area (Å²) < 4.78 is 11.9. The van der Waals surface area contributed by atoms with Gasteiger partial charge < -0.3 is 24.5 Å². The Morgan fingerprint density at radius 1 is 1.03 bits per heavy atom. The number of pyridine rings is 1. The van der Waals surface area contributed by atoms with Gasteiger partial charge >= 0.3 is 0 Å². The van der Waals surface area contributed by atoms with Crippen LogP contribution in [0.15, 0.2) is 89.5 Å². The molecule has 6 nitrogen and oxygen atoms in total. The molecular weight excluding hydrogens is 434 g/mol. The van der Waals surface area contributed by atoms with E-state index in [0.717, 1.165) is 22.8 Å². The standard InChI is InChI=1S/C26H23N3O3S/c1-2-31-18-12-10-17(11-13-18)22-14-15-23(32-22)25-24(19-7-5-6-16-27-19)28-26(33)29(25)20-8-3-4-9-21(20)30/h3-16,24-25,30H,2H2,1H3,(H,28,33)/t24-,25+/m1/s1. The third-order valence-corrected chi connectivity index (χ3v) is 5.92. The van der Waals surface area contributed by atoms with Gasteiger partial charge in [-0.3, -0.25) is 4.98 Å². The topological polar surface area (TPSA) is 70.8 Å². The molecule has 7 heteroatoms. The number of furan rings is 1. The van der Waals surface area contributed by atoms with E-state index in [9.17, 15) is 5.11 Å². The van der Waals surface area contributed by atoms with Gasteiger partial charge in [-0.05, 0) is 79.8 Å². The van der Waals surface area contributed by atoms with E-state index in [0.29, 0.717) is 23.2 Å². The van der Waals surface area contributed by atoms with Crippen LogP contribution in [0.1, 0.15) is 30.5 Å². The number of rotatable bonds is 6. The molecule has 1 aliphatic heterocycles. The van der Waals surface area contributed by atoms with Crippen molar-refractivity contribution in [1.29, 1.82) is 0 Å². The number of para-hydroxylation sites is 2. The van der Waals surface area contributed by atoms with E-state index in [4.69, 9.17) is 21.4 Å². The van der Waals surface area contributed by atoms with E-state index in [-0.39, 0.29) is 17.8 Å². The monoisotopic (exact) mass is 457 g/mol. The highest BCUT2D eigenvalue weighted by Crippen LogP contribution is 2.45. The lowest BCUT2D eigenvalue weighted by Gasteiger charge is -2.26. The number of anilines is 1. The second-order valence-electron chi connectivity index (χ2n) is 7.64. The first-order valence-electron chi connectivity index (χ1n) is 10.8. The Morgan fingerprint density at radius 2 is 1.82 bits per heavy atom. The second kappa shape index (κ2) is 8.96. The van der Waals surface area contributed by atoms with Crippen molar-refractivity contribution in [1.82, 2.24) is 10.3 Å². The molecule has 0 spiro atoms. The van der Waals surface area contributed by atoms with Gasteiger partial charge in [0.05, 0.1) is 24.0 Å². The first kappa shape index (κ1) is 21.0. The van der Waals surface area contributed by atoms with Crippen LogP contribution in [0.5, 0.6) is 11.5 Å². The summed E-state index contributed by atoms with van der Waals surface area (Å²) in [5.74, 6) is 2.42. The molecule has 0 radical (unpaired) electrons. The molecule has 3 heterocycles. The Labute approximate surface area is 197 Å². The van der Waals surface area contributed by atoms with E-state index >= 15 is 0 Å². The fraction of sp³-hybridized carbons (Fsp3) is 0.154. The first-order chi connectivity index (χ1) is 16.2. The van der Waals surface area contributed by atoms with Crippen molar-refractivity contribution in [2.24, 2.45) is 0 Å². The summed E-state index contributed by atoms with van der Waals surface area (Å²) in [6, 6.07) is 24.0. The molecule has 5 rings (SSSR count).